The minimum absolute atomic E-state index is 0.130. The summed E-state index contributed by atoms with van der Waals surface area (Å²) in [4.78, 5) is 52.0. The molecule has 1 fully saturated rings. The molecule has 2 N–H and O–H groups in total. The average molecular weight is 372 g/mol. The second-order valence-corrected chi connectivity index (χ2v) is 7.15. The van der Waals surface area contributed by atoms with E-state index in [0.717, 1.165) is 5.56 Å². The first-order valence-electron chi connectivity index (χ1n) is 9.06. The van der Waals surface area contributed by atoms with Gasteiger partial charge in [-0.25, -0.2) is 0 Å². The quantitative estimate of drug-likeness (QED) is 0.743. The SMILES string of the molecule is CC[C@@H](C(=O)Nc1ccc2c(c1)C(=O)N(C1CCC(=O)NC1=O)C2)N(C)C. The van der Waals surface area contributed by atoms with Crippen LogP contribution in [0.5, 0.6) is 0 Å². The number of anilines is 1. The van der Waals surface area contributed by atoms with Crippen LogP contribution in [0.4, 0.5) is 5.69 Å². The second kappa shape index (κ2) is 7.48. The first-order chi connectivity index (χ1) is 12.8. The maximum Gasteiger partial charge on any atom is 0.255 e. The first-order valence-corrected chi connectivity index (χ1v) is 9.06. The van der Waals surface area contributed by atoms with E-state index in [9.17, 15) is 19.2 Å². The molecule has 0 aliphatic carbocycles. The van der Waals surface area contributed by atoms with Crippen LogP contribution in [0.1, 0.15) is 42.1 Å². The Labute approximate surface area is 157 Å². The number of hydrogen-bond donors (Lipinski definition) is 2. The van der Waals surface area contributed by atoms with Crippen molar-refractivity contribution in [1.82, 2.24) is 15.1 Å². The van der Waals surface area contributed by atoms with Gasteiger partial charge >= 0.3 is 0 Å². The molecule has 4 amide bonds. The van der Waals surface area contributed by atoms with Gasteiger partial charge in [-0.05, 0) is 44.6 Å². The molecule has 27 heavy (non-hydrogen) atoms. The van der Waals surface area contributed by atoms with Gasteiger partial charge in [0.1, 0.15) is 6.04 Å². The molecule has 3 rings (SSSR count). The van der Waals surface area contributed by atoms with Crippen LogP contribution in [0.3, 0.4) is 0 Å². The van der Waals surface area contributed by atoms with E-state index in [1.807, 2.05) is 25.9 Å². The minimum Gasteiger partial charge on any atom is -0.325 e. The van der Waals surface area contributed by atoms with Crippen LogP contribution < -0.4 is 10.6 Å². The highest BCUT2D eigenvalue weighted by Gasteiger charge is 2.39. The van der Waals surface area contributed by atoms with Gasteiger partial charge in [-0.15, -0.1) is 0 Å². The average Bonchev–Trinajstić information content (AvgIpc) is 2.92. The third-order valence-corrected chi connectivity index (χ3v) is 5.11. The lowest BCUT2D eigenvalue weighted by Gasteiger charge is -2.29. The molecule has 1 saturated heterocycles. The van der Waals surface area contributed by atoms with Gasteiger partial charge in [0.15, 0.2) is 0 Å². The zero-order valence-corrected chi connectivity index (χ0v) is 15.7. The summed E-state index contributed by atoms with van der Waals surface area (Å²) in [5.41, 5.74) is 1.84. The number of likely N-dealkylation sites (N-methyl/N-ethyl adjacent to an activating group) is 1. The lowest BCUT2D eigenvalue weighted by molar-refractivity contribution is -0.137. The Morgan fingerprint density at radius 1 is 1.33 bits per heavy atom. The first kappa shape index (κ1) is 19.0. The maximum atomic E-state index is 12.8. The molecule has 2 aliphatic rings. The highest BCUT2D eigenvalue weighted by Crippen LogP contribution is 2.29. The summed E-state index contributed by atoms with van der Waals surface area (Å²) < 4.78 is 0. The molecule has 2 atom stereocenters. The zero-order chi connectivity index (χ0) is 19.7. The Morgan fingerprint density at radius 3 is 2.70 bits per heavy atom. The fourth-order valence-corrected chi connectivity index (χ4v) is 3.64. The van der Waals surface area contributed by atoms with E-state index in [-0.39, 0.29) is 30.2 Å². The molecule has 1 aromatic carbocycles. The van der Waals surface area contributed by atoms with Crippen LogP contribution in [0.15, 0.2) is 18.2 Å². The fourth-order valence-electron chi connectivity index (χ4n) is 3.64. The lowest BCUT2D eigenvalue weighted by Crippen LogP contribution is -2.52. The van der Waals surface area contributed by atoms with Gasteiger partial charge in [-0.3, -0.25) is 29.4 Å². The second-order valence-electron chi connectivity index (χ2n) is 7.15. The van der Waals surface area contributed by atoms with Crippen molar-refractivity contribution >= 4 is 29.3 Å². The highest BCUT2D eigenvalue weighted by molar-refractivity contribution is 6.06. The lowest BCUT2D eigenvalue weighted by atomic mass is 10.0. The number of imide groups is 1. The molecule has 0 saturated carbocycles. The van der Waals surface area contributed by atoms with Gasteiger partial charge in [0.05, 0.1) is 6.04 Å². The Kier molecular flexibility index (Phi) is 5.27. The highest BCUT2D eigenvalue weighted by atomic mass is 16.2. The summed E-state index contributed by atoms with van der Waals surface area (Å²) in [7, 11) is 3.69. The normalized spacial score (nSPS) is 20.5. The van der Waals surface area contributed by atoms with Crippen molar-refractivity contribution in [3.05, 3.63) is 29.3 Å². The Bertz CT molecular complexity index is 805. The van der Waals surface area contributed by atoms with E-state index >= 15 is 0 Å². The summed E-state index contributed by atoms with van der Waals surface area (Å²) in [5.74, 6) is -1.13. The van der Waals surface area contributed by atoms with Gasteiger partial charge in [0.2, 0.25) is 17.7 Å². The summed E-state index contributed by atoms with van der Waals surface area (Å²) in [6, 6.07) is 4.32. The van der Waals surface area contributed by atoms with Crippen LogP contribution in [-0.2, 0) is 20.9 Å². The Balaban J connectivity index is 1.75. The molecular weight excluding hydrogens is 348 g/mol. The van der Waals surface area contributed by atoms with Crippen molar-refractivity contribution in [2.24, 2.45) is 0 Å². The Morgan fingerprint density at radius 2 is 2.07 bits per heavy atom. The predicted molar refractivity (Wildman–Crippen MR) is 98.9 cm³/mol. The molecule has 144 valence electrons. The largest absolute Gasteiger partial charge is 0.325 e. The van der Waals surface area contributed by atoms with Crippen LogP contribution in [0.2, 0.25) is 0 Å². The molecule has 8 nitrogen and oxygen atoms in total. The molecular formula is C19H24N4O4. The molecule has 2 heterocycles. The van der Waals surface area contributed by atoms with Crippen molar-refractivity contribution in [1.29, 1.82) is 0 Å². The molecule has 0 aromatic heterocycles. The van der Waals surface area contributed by atoms with Crippen molar-refractivity contribution < 1.29 is 19.2 Å². The standard InChI is InChI=1S/C19H24N4O4/c1-4-14(22(2)3)17(25)20-12-6-5-11-10-23(19(27)13(11)9-12)15-7-8-16(24)21-18(15)26/h5-6,9,14-15H,4,7-8,10H2,1-3H3,(H,20,25)(H,21,24,26)/t14-,15?/m0/s1. The number of rotatable bonds is 5. The van der Waals surface area contributed by atoms with E-state index in [2.05, 4.69) is 10.6 Å². The number of hydrogen-bond acceptors (Lipinski definition) is 5. The number of nitrogens with zero attached hydrogens (tertiary/aromatic N) is 2. The number of fused-ring (bicyclic) bond motifs is 1. The fraction of sp³-hybridized carbons (Fsp3) is 0.474. The topological polar surface area (TPSA) is 98.8 Å². The smallest absolute Gasteiger partial charge is 0.255 e. The predicted octanol–water partition coefficient (Wildman–Crippen LogP) is 0.726. The third kappa shape index (κ3) is 3.71. The van der Waals surface area contributed by atoms with Gasteiger partial charge in [-0.2, -0.15) is 0 Å². The van der Waals surface area contributed by atoms with E-state index < -0.39 is 11.9 Å². The summed E-state index contributed by atoms with van der Waals surface area (Å²) in [6.45, 7) is 2.26. The van der Waals surface area contributed by atoms with E-state index in [1.165, 1.54) is 4.90 Å². The van der Waals surface area contributed by atoms with Crippen molar-refractivity contribution in [3.8, 4) is 0 Å². The molecule has 0 radical (unpaired) electrons. The van der Waals surface area contributed by atoms with Gasteiger partial charge in [0.25, 0.3) is 5.91 Å². The molecule has 0 bridgehead atoms. The number of piperidine rings is 1. The summed E-state index contributed by atoms with van der Waals surface area (Å²) in [6.07, 6.45) is 1.22. The monoisotopic (exact) mass is 372 g/mol. The molecule has 8 heteroatoms. The number of benzene rings is 1. The maximum absolute atomic E-state index is 12.8. The number of amides is 4. The van der Waals surface area contributed by atoms with E-state index in [0.29, 0.717) is 30.6 Å². The van der Waals surface area contributed by atoms with Crippen LogP contribution in [0.25, 0.3) is 0 Å². The van der Waals surface area contributed by atoms with Gasteiger partial charge in [-0.1, -0.05) is 13.0 Å². The number of nitrogens with one attached hydrogen (secondary N) is 2. The molecule has 0 spiro atoms. The van der Waals surface area contributed by atoms with E-state index in [4.69, 9.17) is 0 Å². The van der Waals surface area contributed by atoms with Gasteiger partial charge < -0.3 is 10.2 Å². The zero-order valence-electron chi connectivity index (χ0n) is 15.7. The molecule has 2 aliphatic heterocycles. The van der Waals surface area contributed by atoms with Crippen LogP contribution in [0, 0.1) is 0 Å². The Hall–Kier alpha value is -2.74. The number of carbonyl (C=O) groups is 4. The van der Waals surface area contributed by atoms with Crippen LogP contribution in [-0.4, -0.2) is 59.6 Å². The number of carbonyl (C=O) groups excluding carboxylic acids is 4. The third-order valence-electron chi connectivity index (χ3n) is 5.11. The molecule has 1 aromatic rings. The minimum atomic E-state index is -0.640. The van der Waals surface area contributed by atoms with Crippen molar-refractivity contribution in [2.45, 2.75) is 44.8 Å². The van der Waals surface area contributed by atoms with Gasteiger partial charge in [0, 0.05) is 24.2 Å². The summed E-state index contributed by atoms with van der Waals surface area (Å²) in [5, 5.41) is 5.15. The van der Waals surface area contributed by atoms with Crippen molar-refractivity contribution in [2.75, 3.05) is 19.4 Å². The van der Waals surface area contributed by atoms with Crippen molar-refractivity contribution in [3.63, 3.8) is 0 Å². The van der Waals surface area contributed by atoms with E-state index in [1.54, 1.807) is 18.2 Å². The van der Waals surface area contributed by atoms with Crippen LogP contribution >= 0.6 is 0 Å². The summed E-state index contributed by atoms with van der Waals surface area (Å²) >= 11 is 0. The molecule has 1 unspecified atom stereocenters.